The van der Waals surface area contributed by atoms with Crippen LogP contribution in [0, 0.1) is 0 Å². The molecule has 1 atom stereocenters. The summed E-state index contributed by atoms with van der Waals surface area (Å²) in [4.78, 5) is 0.491. The van der Waals surface area contributed by atoms with Crippen molar-refractivity contribution in [2.75, 3.05) is 6.54 Å². The topological polar surface area (TPSA) is 37.4 Å². The van der Waals surface area contributed by atoms with E-state index in [-0.39, 0.29) is 5.92 Å². The van der Waals surface area contributed by atoms with Gasteiger partial charge in [-0.05, 0) is 11.6 Å². The molecule has 0 amide bonds. The Morgan fingerprint density at radius 1 is 1.22 bits per heavy atom. The molecule has 5 heteroatoms. The summed E-state index contributed by atoms with van der Waals surface area (Å²) in [6.45, 7) is 7.18. The third kappa shape index (κ3) is 1.50. The summed E-state index contributed by atoms with van der Waals surface area (Å²) in [5, 5.41) is 1.06. The van der Waals surface area contributed by atoms with E-state index in [2.05, 4.69) is 25.7 Å². The summed E-state index contributed by atoms with van der Waals surface area (Å²) in [6, 6.07) is 7.39. The van der Waals surface area contributed by atoms with Crippen molar-refractivity contribution in [2.45, 2.75) is 30.5 Å². The van der Waals surface area contributed by atoms with Gasteiger partial charge in [0, 0.05) is 17.8 Å². The maximum absolute atomic E-state index is 12.6. The summed E-state index contributed by atoms with van der Waals surface area (Å²) in [5.74, 6) is 0.242. The molecule has 3 rings (SSSR count). The molecule has 0 spiro atoms. The first-order valence-corrected chi connectivity index (χ1v) is 11.1. The molecule has 2 aliphatic rings. The van der Waals surface area contributed by atoms with Crippen molar-refractivity contribution in [2.24, 2.45) is 0 Å². The molecule has 0 fully saturated rings. The van der Waals surface area contributed by atoms with E-state index in [4.69, 9.17) is 0 Å². The zero-order valence-electron chi connectivity index (χ0n) is 10.8. The number of benzene rings is 1. The van der Waals surface area contributed by atoms with E-state index in [9.17, 15) is 8.42 Å². The van der Waals surface area contributed by atoms with Gasteiger partial charge in [-0.25, -0.2) is 8.42 Å². The number of fused-ring (bicyclic) bond motifs is 4. The van der Waals surface area contributed by atoms with Crippen molar-refractivity contribution in [3.63, 3.8) is 0 Å². The molecule has 0 saturated carbocycles. The van der Waals surface area contributed by atoms with E-state index in [0.717, 1.165) is 10.9 Å². The molecule has 18 heavy (non-hydrogen) atoms. The highest BCUT2D eigenvalue weighted by molar-refractivity contribution is 7.89. The molecule has 2 heterocycles. The average Bonchev–Trinajstić information content (AvgIpc) is 2.70. The van der Waals surface area contributed by atoms with Crippen LogP contribution in [0.3, 0.4) is 0 Å². The van der Waals surface area contributed by atoms with E-state index in [1.165, 1.54) is 0 Å². The standard InChI is InChI=1S/C13H17NO2SSi/c1-18(2,3)13-8-10-9-14(13)17(15,16)12-7-5-4-6-11(10)12/h4-8,10H,9H2,1-3H3/t10-/m1/s1. The lowest BCUT2D eigenvalue weighted by molar-refractivity contribution is 0.483. The van der Waals surface area contributed by atoms with Crippen LogP contribution in [0.2, 0.25) is 19.6 Å². The Labute approximate surface area is 109 Å². The van der Waals surface area contributed by atoms with Gasteiger partial charge >= 0.3 is 0 Å². The Morgan fingerprint density at radius 3 is 2.56 bits per heavy atom. The van der Waals surface area contributed by atoms with Gasteiger partial charge in [0.15, 0.2) is 0 Å². The Bertz CT molecular complexity index is 643. The van der Waals surface area contributed by atoms with Crippen LogP contribution in [-0.4, -0.2) is 27.3 Å². The van der Waals surface area contributed by atoms with E-state index >= 15 is 0 Å². The van der Waals surface area contributed by atoms with Crippen LogP contribution >= 0.6 is 0 Å². The minimum atomic E-state index is -3.32. The minimum absolute atomic E-state index is 0.242. The summed E-state index contributed by atoms with van der Waals surface area (Å²) in [5.41, 5.74) is 0.960. The Hall–Kier alpha value is -1.07. The summed E-state index contributed by atoms with van der Waals surface area (Å²) in [6.07, 6.45) is 2.18. The van der Waals surface area contributed by atoms with Crippen molar-refractivity contribution in [1.29, 1.82) is 0 Å². The number of nitrogens with zero attached hydrogens (tertiary/aromatic N) is 1. The molecule has 1 aromatic carbocycles. The smallest absolute Gasteiger partial charge is 0.264 e. The molecule has 0 N–H and O–H groups in total. The highest BCUT2D eigenvalue weighted by Gasteiger charge is 2.44. The summed E-state index contributed by atoms with van der Waals surface area (Å²) in [7, 11) is -4.95. The van der Waals surface area contributed by atoms with Gasteiger partial charge in [-0.3, -0.25) is 4.31 Å². The maximum Gasteiger partial charge on any atom is 0.264 e. The first-order chi connectivity index (χ1) is 8.32. The van der Waals surface area contributed by atoms with Crippen LogP contribution in [-0.2, 0) is 10.0 Å². The molecule has 96 valence electrons. The van der Waals surface area contributed by atoms with Crippen LogP contribution in [0.25, 0.3) is 0 Å². The van der Waals surface area contributed by atoms with Gasteiger partial charge < -0.3 is 0 Å². The largest absolute Gasteiger partial charge is 0.274 e. The second-order valence-corrected chi connectivity index (χ2v) is 12.8. The van der Waals surface area contributed by atoms with E-state index < -0.39 is 18.1 Å². The van der Waals surface area contributed by atoms with Gasteiger partial charge in [0.1, 0.15) is 0 Å². The third-order valence-corrected chi connectivity index (χ3v) is 7.63. The zero-order chi connectivity index (χ0) is 13.1. The van der Waals surface area contributed by atoms with Gasteiger partial charge in [0.2, 0.25) is 0 Å². The fourth-order valence-electron chi connectivity index (χ4n) is 2.78. The highest BCUT2D eigenvalue weighted by atomic mass is 32.2. The van der Waals surface area contributed by atoms with Crippen LogP contribution < -0.4 is 0 Å². The average molecular weight is 279 g/mol. The monoisotopic (exact) mass is 279 g/mol. The van der Waals surface area contributed by atoms with Gasteiger partial charge in [-0.15, -0.1) is 0 Å². The molecule has 0 unspecified atom stereocenters. The predicted octanol–water partition coefficient (Wildman–Crippen LogP) is 2.55. The zero-order valence-corrected chi connectivity index (χ0v) is 12.7. The first-order valence-electron chi connectivity index (χ1n) is 6.16. The van der Waals surface area contributed by atoms with Gasteiger partial charge in [0.25, 0.3) is 10.0 Å². The number of sulfonamides is 1. The molecular formula is C13H17NO2SSi. The number of hydrogen-bond acceptors (Lipinski definition) is 2. The number of rotatable bonds is 1. The summed E-state index contributed by atoms with van der Waals surface area (Å²) >= 11 is 0. The van der Waals surface area contributed by atoms with Gasteiger partial charge in [0.05, 0.1) is 13.0 Å². The highest BCUT2D eigenvalue weighted by Crippen LogP contribution is 2.43. The van der Waals surface area contributed by atoms with Crippen LogP contribution in [0.15, 0.2) is 40.6 Å². The molecule has 3 nitrogen and oxygen atoms in total. The lowest BCUT2D eigenvalue weighted by Gasteiger charge is -2.32. The molecule has 0 aliphatic carbocycles. The molecule has 0 saturated heterocycles. The second-order valence-electron chi connectivity index (χ2n) is 5.98. The van der Waals surface area contributed by atoms with Crippen molar-refractivity contribution < 1.29 is 8.42 Å². The Kier molecular flexibility index (Phi) is 2.32. The quantitative estimate of drug-likeness (QED) is 0.741. The second kappa shape index (κ2) is 3.48. The van der Waals surface area contributed by atoms with E-state index in [1.54, 1.807) is 16.4 Å². The third-order valence-electron chi connectivity index (χ3n) is 3.65. The minimum Gasteiger partial charge on any atom is -0.274 e. The van der Waals surface area contributed by atoms with E-state index in [1.807, 2.05) is 12.1 Å². The number of hydrogen-bond donors (Lipinski definition) is 0. The lowest BCUT2D eigenvalue weighted by atomic mass is 10.0. The molecule has 2 bridgehead atoms. The Balaban J connectivity index is 2.25. The molecule has 0 aromatic heterocycles. The molecule has 1 aromatic rings. The molecule has 2 aliphatic heterocycles. The fourth-order valence-corrected chi connectivity index (χ4v) is 7.19. The van der Waals surface area contributed by atoms with Crippen LogP contribution in [0.1, 0.15) is 11.5 Å². The van der Waals surface area contributed by atoms with Crippen molar-refractivity contribution in [1.82, 2.24) is 4.31 Å². The predicted molar refractivity (Wildman–Crippen MR) is 74.5 cm³/mol. The van der Waals surface area contributed by atoms with Crippen LogP contribution in [0.4, 0.5) is 0 Å². The lowest BCUT2D eigenvalue weighted by Crippen LogP contribution is -2.41. The van der Waals surface area contributed by atoms with Crippen molar-refractivity contribution in [3.05, 3.63) is 41.2 Å². The van der Waals surface area contributed by atoms with Gasteiger partial charge in [-0.1, -0.05) is 43.9 Å². The SMILES string of the molecule is C[Si](C)(C)C1=C[C@@H]2CN1S(=O)(=O)c1ccccc12. The Morgan fingerprint density at radius 2 is 1.89 bits per heavy atom. The molecule has 0 radical (unpaired) electrons. The maximum atomic E-state index is 12.6. The normalized spacial score (nSPS) is 24.7. The van der Waals surface area contributed by atoms with Gasteiger partial charge in [-0.2, -0.15) is 0 Å². The van der Waals surface area contributed by atoms with Crippen molar-refractivity contribution >= 4 is 18.1 Å². The molecular weight excluding hydrogens is 262 g/mol. The fraction of sp³-hybridized carbons (Fsp3) is 0.385. The van der Waals surface area contributed by atoms with Crippen LogP contribution in [0.5, 0.6) is 0 Å². The first kappa shape index (κ1) is 12.0. The van der Waals surface area contributed by atoms with Crippen molar-refractivity contribution in [3.8, 4) is 0 Å². The summed E-state index contributed by atoms with van der Waals surface area (Å²) < 4.78 is 26.9. The van der Waals surface area contributed by atoms with E-state index in [0.29, 0.717) is 11.4 Å².